The number of sulfonamides is 1. The van der Waals surface area contributed by atoms with Crippen LogP contribution in [-0.2, 0) is 10.0 Å². The third-order valence-corrected chi connectivity index (χ3v) is 5.17. The van der Waals surface area contributed by atoms with Crippen LogP contribution in [0.1, 0.15) is 23.2 Å². The maximum Gasteiger partial charge on any atom is 0.259 e. The monoisotopic (exact) mass is 346 g/mol. The summed E-state index contributed by atoms with van der Waals surface area (Å²) in [7, 11) is -2.07. The van der Waals surface area contributed by atoms with E-state index in [9.17, 15) is 13.2 Å². The maximum atomic E-state index is 12.4. The highest BCUT2D eigenvalue weighted by atomic mass is 32.2. The number of hydrogen-bond acceptors (Lipinski definition) is 4. The Bertz CT molecular complexity index is 860. The third-order valence-electron chi connectivity index (χ3n) is 3.65. The first-order valence-electron chi connectivity index (χ1n) is 7.56. The second kappa shape index (κ2) is 6.62. The van der Waals surface area contributed by atoms with Gasteiger partial charge in [0.25, 0.3) is 5.91 Å². The molecule has 0 aliphatic heterocycles. The number of ether oxygens (including phenoxy) is 1. The van der Waals surface area contributed by atoms with Gasteiger partial charge in [-0.25, -0.2) is 13.1 Å². The molecule has 2 N–H and O–H groups in total. The molecule has 24 heavy (non-hydrogen) atoms. The fourth-order valence-corrected chi connectivity index (χ4v) is 3.61. The van der Waals surface area contributed by atoms with E-state index in [1.165, 1.54) is 19.2 Å². The van der Waals surface area contributed by atoms with Gasteiger partial charge in [-0.15, -0.1) is 0 Å². The van der Waals surface area contributed by atoms with Crippen molar-refractivity contribution >= 4 is 21.6 Å². The zero-order chi connectivity index (χ0) is 17.2. The maximum absolute atomic E-state index is 12.4. The molecule has 0 unspecified atom stereocenters. The molecule has 126 valence electrons. The molecule has 1 aliphatic rings. The van der Waals surface area contributed by atoms with Crippen molar-refractivity contribution < 1.29 is 17.9 Å². The Morgan fingerprint density at radius 3 is 2.58 bits per heavy atom. The van der Waals surface area contributed by atoms with Crippen LogP contribution in [0.5, 0.6) is 5.75 Å². The Kier molecular flexibility index (Phi) is 4.55. The van der Waals surface area contributed by atoms with Gasteiger partial charge >= 0.3 is 0 Å². The van der Waals surface area contributed by atoms with Gasteiger partial charge in [0.1, 0.15) is 5.75 Å². The van der Waals surface area contributed by atoms with E-state index in [0.29, 0.717) is 17.0 Å². The van der Waals surface area contributed by atoms with E-state index in [-0.39, 0.29) is 16.8 Å². The van der Waals surface area contributed by atoms with E-state index in [2.05, 4.69) is 10.0 Å². The fraction of sp³-hybridized carbons (Fsp3) is 0.235. The third kappa shape index (κ3) is 3.74. The Balaban J connectivity index is 1.80. The molecule has 0 heterocycles. The van der Waals surface area contributed by atoms with Crippen LogP contribution in [0.3, 0.4) is 0 Å². The van der Waals surface area contributed by atoms with Gasteiger partial charge < -0.3 is 10.1 Å². The summed E-state index contributed by atoms with van der Waals surface area (Å²) in [6.07, 6.45) is 1.73. The van der Waals surface area contributed by atoms with Crippen molar-refractivity contribution in [1.29, 1.82) is 0 Å². The minimum absolute atomic E-state index is 0.0295. The van der Waals surface area contributed by atoms with Gasteiger partial charge in [-0.3, -0.25) is 4.79 Å². The second-order valence-corrected chi connectivity index (χ2v) is 7.29. The summed E-state index contributed by atoms with van der Waals surface area (Å²) >= 11 is 0. The molecule has 2 aromatic carbocycles. The number of amides is 1. The van der Waals surface area contributed by atoms with Gasteiger partial charge in [0.2, 0.25) is 10.0 Å². The van der Waals surface area contributed by atoms with Gasteiger partial charge in [-0.05, 0) is 43.2 Å². The highest BCUT2D eigenvalue weighted by molar-refractivity contribution is 7.89. The van der Waals surface area contributed by atoms with Crippen molar-refractivity contribution in [1.82, 2.24) is 4.72 Å². The second-order valence-electron chi connectivity index (χ2n) is 5.58. The largest absolute Gasteiger partial charge is 0.496 e. The molecule has 1 aliphatic carbocycles. The first-order valence-corrected chi connectivity index (χ1v) is 9.05. The van der Waals surface area contributed by atoms with Crippen molar-refractivity contribution in [3.8, 4) is 5.75 Å². The predicted molar refractivity (Wildman–Crippen MR) is 90.7 cm³/mol. The van der Waals surface area contributed by atoms with Crippen molar-refractivity contribution in [3.63, 3.8) is 0 Å². The van der Waals surface area contributed by atoms with Gasteiger partial charge in [0, 0.05) is 11.7 Å². The quantitative estimate of drug-likeness (QED) is 0.841. The molecule has 1 amide bonds. The van der Waals surface area contributed by atoms with Gasteiger partial charge in [0.15, 0.2) is 0 Å². The topological polar surface area (TPSA) is 84.5 Å². The molecule has 7 heteroatoms. The van der Waals surface area contributed by atoms with Gasteiger partial charge in [0.05, 0.1) is 17.6 Å². The summed E-state index contributed by atoms with van der Waals surface area (Å²) in [5.41, 5.74) is 0.786. The summed E-state index contributed by atoms with van der Waals surface area (Å²) in [6.45, 7) is 0. The summed E-state index contributed by atoms with van der Waals surface area (Å²) < 4.78 is 32.3. The molecule has 0 spiro atoms. The number of carbonyl (C=O) groups is 1. The first-order chi connectivity index (χ1) is 11.5. The molecule has 1 saturated carbocycles. The van der Waals surface area contributed by atoms with Crippen LogP contribution >= 0.6 is 0 Å². The lowest BCUT2D eigenvalue weighted by Crippen LogP contribution is -2.25. The van der Waals surface area contributed by atoms with Crippen molar-refractivity contribution in [2.75, 3.05) is 12.4 Å². The van der Waals surface area contributed by atoms with Crippen molar-refractivity contribution in [2.45, 2.75) is 23.8 Å². The normalized spacial score (nSPS) is 14.2. The molecule has 0 saturated heterocycles. The first kappa shape index (κ1) is 16.5. The molecular formula is C17H18N2O4S. The molecule has 0 radical (unpaired) electrons. The van der Waals surface area contributed by atoms with E-state index >= 15 is 0 Å². The van der Waals surface area contributed by atoms with Crippen molar-refractivity contribution in [3.05, 3.63) is 54.1 Å². The van der Waals surface area contributed by atoms with Crippen LogP contribution < -0.4 is 14.8 Å². The number of para-hydroxylation sites is 1. The molecule has 1 fully saturated rings. The lowest BCUT2D eigenvalue weighted by Gasteiger charge is -2.11. The molecule has 0 bridgehead atoms. The summed E-state index contributed by atoms with van der Waals surface area (Å²) in [5.74, 6) is 0.0892. The minimum Gasteiger partial charge on any atom is -0.496 e. The van der Waals surface area contributed by atoms with Crippen LogP contribution in [0.2, 0.25) is 0 Å². The Hall–Kier alpha value is -2.38. The lowest BCUT2D eigenvalue weighted by molar-refractivity contribution is 0.102. The van der Waals surface area contributed by atoms with E-state index in [1.54, 1.807) is 36.4 Å². The van der Waals surface area contributed by atoms with Crippen LogP contribution in [0.25, 0.3) is 0 Å². The molecule has 2 aromatic rings. The Labute approximate surface area is 140 Å². The summed E-state index contributed by atoms with van der Waals surface area (Å²) in [5, 5.41) is 2.70. The number of hydrogen-bond donors (Lipinski definition) is 2. The van der Waals surface area contributed by atoms with Crippen LogP contribution in [-0.4, -0.2) is 27.5 Å². The molecular weight excluding hydrogens is 328 g/mol. The lowest BCUT2D eigenvalue weighted by atomic mass is 10.2. The average molecular weight is 346 g/mol. The Morgan fingerprint density at radius 2 is 1.88 bits per heavy atom. The van der Waals surface area contributed by atoms with E-state index < -0.39 is 10.0 Å². The zero-order valence-electron chi connectivity index (χ0n) is 13.2. The number of anilines is 1. The molecule has 3 rings (SSSR count). The predicted octanol–water partition coefficient (Wildman–Crippen LogP) is 2.39. The molecule has 6 nitrogen and oxygen atoms in total. The Morgan fingerprint density at radius 1 is 1.12 bits per heavy atom. The van der Waals surface area contributed by atoms with E-state index in [1.807, 2.05) is 0 Å². The standard InChI is InChI=1S/C17H18N2O4S/c1-23-16-8-3-2-7-15(16)17(20)18-13-5-4-6-14(11-13)24(21,22)19-12-9-10-12/h2-8,11-12,19H,9-10H2,1H3,(H,18,20). The SMILES string of the molecule is COc1ccccc1C(=O)Nc1cccc(S(=O)(=O)NC2CC2)c1. The van der Waals surface area contributed by atoms with Crippen molar-refractivity contribution in [2.24, 2.45) is 0 Å². The summed E-state index contributed by atoms with van der Waals surface area (Å²) in [6, 6.07) is 13.1. The smallest absolute Gasteiger partial charge is 0.259 e. The molecule has 0 aromatic heterocycles. The average Bonchev–Trinajstić information content (AvgIpc) is 3.38. The van der Waals surface area contributed by atoms with Crippen LogP contribution in [0.15, 0.2) is 53.4 Å². The number of benzene rings is 2. The van der Waals surface area contributed by atoms with Gasteiger partial charge in [-0.1, -0.05) is 18.2 Å². The number of nitrogens with one attached hydrogen (secondary N) is 2. The number of methoxy groups -OCH3 is 1. The highest BCUT2D eigenvalue weighted by Crippen LogP contribution is 2.24. The highest BCUT2D eigenvalue weighted by Gasteiger charge is 2.28. The number of rotatable bonds is 6. The minimum atomic E-state index is -3.56. The van der Waals surface area contributed by atoms with Crippen LogP contribution in [0, 0.1) is 0 Å². The zero-order valence-corrected chi connectivity index (χ0v) is 14.0. The fourth-order valence-electron chi connectivity index (χ4n) is 2.26. The van der Waals surface area contributed by atoms with E-state index in [4.69, 9.17) is 4.74 Å². The van der Waals surface area contributed by atoms with E-state index in [0.717, 1.165) is 12.8 Å². The molecule has 0 atom stereocenters. The van der Waals surface area contributed by atoms with Crippen LogP contribution in [0.4, 0.5) is 5.69 Å². The summed E-state index contributed by atoms with van der Waals surface area (Å²) in [4.78, 5) is 12.5. The number of carbonyl (C=O) groups excluding carboxylic acids is 1. The van der Waals surface area contributed by atoms with Gasteiger partial charge in [-0.2, -0.15) is 0 Å².